The van der Waals surface area contributed by atoms with Crippen LogP contribution in [0.5, 0.6) is 0 Å². The molecule has 1 aromatic rings. The molecule has 0 heterocycles. The van der Waals surface area contributed by atoms with Crippen molar-refractivity contribution < 1.29 is 39.6 Å². The van der Waals surface area contributed by atoms with Crippen molar-refractivity contribution in [1.29, 1.82) is 0 Å². The standard InChI is InChI=1S/C14H16As2O8/c17-11(18)5-15(6-12(19)20)9-3-1-2-4-10(9)16(7-13(21)22)8-14(23)24/h1-4H,5-8H2,(H,17,18)(H,19,20)(H,21,22)(H,23,24). The summed E-state index contributed by atoms with van der Waals surface area (Å²) in [4.78, 5) is 44.3. The van der Waals surface area contributed by atoms with Crippen LogP contribution in [0, 0.1) is 0 Å². The van der Waals surface area contributed by atoms with E-state index in [1.54, 1.807) is 24.3 Å². The molecule has 24 heavy (non-hydrogen) atoms. The van der Waals surface area contributed by atoms with Crippen LogP contribution in [0.2, 0.25) is 20.8 Å². The predicted octanol–water partition coefficient (Wildman–Crippen LogP) is -0.571. The summed E-state index contributed by atoms with van der Waals surface area (Å²) in [6, 6.07) is 6.51. The van der Waals surface area contributed by atoms with E-state index in [-0.39, 0.29) is 20.8 Å². The zero-order chi connectivity index (χ0) is 18.3. The molecule has 0 atom stereocenters. The predicted molar refractivity (Wildman–Crippen MR) is 87.0 cm³/mol. The maximum absolute atomic E-state index is 11.1. The second-order valence-corrected chi connectivity index (χ2v) is 14.0. The first-order valence-corrected chi connectivity index (χ1v) is 13.8. The zero-order valence-corrected chi connectivity index (χ0v) is 16.2. The molecule has 0 amide bonds. The van der Waals surface area contributed by atoms with Crippen molar-refractivity contribution in [2.75, 3.05) is 0 Å². The van der Waals surface area contributed by atoms with Crippen LogP contribution in [0.4, 0.5) is 0 Å². The van der Waals surface area contributed by atoms with Gasteiger partial charge in [0.15, 0.2) is 0 Å². The summed E-state index contributed by atoms with van der Waals surface area (Å²) in [5.74, 6) is -4.44. The summed E-state index contributed by atoms with van der Waals surface area (Å²) in [5, 5.41) is 35.1. The second kappa shape index (κ2) is 9.50. The molecule has 0 aliphatic heterocycles. The number of hydrogen-bond acceptors (Lipinski definition) is 4. The minimum absolute atomic E-state index is 0.279. The second-order valence-electron chi connectivity index (χ2n) is 4.78. The summed E-state index contributed by atoms with van der Waals surface area (Å²) in [6.45, 7) is 0. The fraction of sp³-hybridized carbons (Fsp3) is 0.286. The van der Waals surface area contributed by atoms with Gasteiger partial charge in [0, 0.05) is 0 Å². The van der Waals surface area contributed by atoms with Crippen molar-refractivity contribution in [2.24, 2.45) is 0 Å². The molecular weight excluding hydrogens is 446 g/mol. The SMILES string of the molecule is O=C(O)C[As](CC(=O)O)c1ccccc1[As](CC(=O)O)CC(=O)O. The molecule has 0 aliphatic rings. The van der Waals surface area contributed by atoms with E-state index in [1.807, 2.05) is 0 Å². The Morgan fingerprint density at radius 3 is 1.08 bits per heavy atom. The molecule has 1 rings (SSSR count). The van der Waals surface area contributed by atoms with E-state index in [9.17, 15) is 19.2 Å². The molecule has 10 heteroatoms. The van der Waals surface area contributed by atoms with E-state index < -0.39 is 53.2 Å². The number of carboxylic acid groups (broad SMARTS) is 4. The van der Waals surface area contributed by atoms with E-state index in [2.05, 4.69) is 0 Å². The van der Waals surface area contributed by atoms with E-state index in [1.165, 1.54) is 0 Å². The first-order chi connectivity index (χ1) is 11.2. The van der Waals surface area contributed by atoms with Crippen molar-refractivity contribution in [2.45, 2.75) is 20.8 Å². The van der Waals surface area contributed by atoms with Gasteiger partial charge in [-0.25, -0.2) is 0 Å². The summed E-state index contributed by atoms with van der Waals surface area (Å²) < 4.78 is 1.13. The van der Waals surface area contributed by atoms with Crippen LogP contribution in [0.15, 0.2) is 24.3 Å². The Morgan fingerprint density at radius 1 is 0.625 bits per heavy atom. The van der Waals surface area contributed by atoms with Gasteiger partial charge in [0.05, 0.1) is 0 Å². The van der Waals surface area contributed by atoms with E-state index in [4.69, 9.17) is 20.4 Å². The molecule has 0 saturated heterocycles. The zero-order valence-electron chi connectivity index (χ0n) is 12.5. The van der Waals surface area contributed by atoms with Gasteiger partial charge in [-0.3, -0.25) is 0 Å². The van der Waals surface area contributed by atoms with Crippen LogP contribution in [0.1, 0.15) is 0 Å². The third-order valence-electron chi connectivity index (χ3n) is 2.87. The van der Waals surface area contributed by atoms with Gasteiger partial charge in [0.1, 0.15) is 0 Å². The summed E-state index contributed by atoms with van der Waals surface area (Å²) in [7, 11) is 0. The Kier molecular flexibility index (Phi) is 8.02. The van der Waals surface area contributed by atoms with Gasteiger partial charge in [0.2, 0.25) is 0 Å². The van der Waals surface area contributed by atoms with Gasteiger partial charge in [-0.2, -0.15) is 0 Å². The van der Waals surface area contributed by atoms with Crippen LogP contribution >= 0.6 is 0 Å². The van der Waals surface area contributed by atoms with Crippen LogP contribution in [0.3, 0.4) is 0 Å². The molecule has 0 unspecified atom stereocenters. The fourth-order valence-electron chi connectivity index (χ4n) is 2.10. The molecule has 0 radical (unpaired) electrons. The molecule has 0 fully saturated rings. The topological polar surface area (TPSA) is 149 Å². The third kappa shape index (κ3) is 6.77. The van der Waals surface area contributed by atoms with Gasteiger partial charge in [-0.05, 0) is 0 Å². The Bertz CT molecular complexity index is 558. The number of rotatable bonds is 10. The molecule has 4 N–H and O–H groups in total. The van der Waals surface area contributed by atoms with Crippen molar-refractivity contribution in [3.8, 4) is 0 Å². The summed E-state index contributed by atoms with van der Waals surface area (Å²) >= 11 is -5.05. The normalized spacial score (nSPS) is 10.8. The van der Waals surface area contributed by atoms with Crippen molar-refractivity contribution >= 4 is 61.9 Å². The number of carboxylic acids is 4. The maximum atomic E-state index is 11.1. The molecule has 8 nitrogen and oxygen atoms in total. The van der Waals surface area contributed by atoms with E-state index >= 15 is 0 Å². The summed E-state index contributed by atoms with van der Waals surface area (Å²) in [6.07, 6.45) is 0. The number of benzene rings is 1. The average molecular weight is 462 g/mol. The van der Waals surface area contributed by atoms with Gasteiger partial charge >= 0.3 is 147 Å². The van der Waals surface area contributed by atoms with Crippen molar-refractivity contribution in [3.05, 3.63) is 24.3 Å². The molecule has 0 bridgehead atoms. The Hall–Kier alpha value is -1.78. The molecular formula is C14H16As2O8. The summed E-state index contributed by atoms with van der Waals surface area (Å²) in [5.41, 5.74) is 0. The number of carbonyl (C=O) groups is 4. The molecule has 0 spiro atoms. The fourth-order valence-corrected chi connectivity index (χ4v) is 12.7. The monoisotopic (exact) mass is 462 g/mol. The average Bonchev–Trinajstić information content (AvgIpc) is 2.44. The molecule has 1 aromatic carbocycles. The van der Waals surface area contributed by atoms with Gasteiger partial charge in [-0.1, -0.05) is 0 Å². The first-order valence-electron chi connectivity index (χ1n) is 6.66. The van der Waals surface area contributed by atoms with Gasteiger partial charge in [-0.15, -0.1) is 0 Å². The van der Waals surface area contributed by atoms with E-state index in [0.29, 0.717) is 8.70 Å². The Balaban J connectivity index is 3.30. The minimum atomic E-state index is -2.52. The quantitative estimate of drug-likeness (QED) is 0.338. The van der Waals surface area contributed by atoms with Gasteiger partial charge < -0.3 is 0 Å². The Morgan fingerprint density at radius 2 is 0.875 bits per heavy atom. The first kappa shape index (κ1) is 20.3. The van der Waals surface area contributed by atoms with Crippen LogP contribution in [-0.4, -0.2) is 73.6 Å². The van der Waals surface area contributed by atoms with Crippen LogP contribution in [-0.2, 0) is 19.2 Å². The van der Waals surface area contributed by atoms with Crippen molar-refractivity contribution in [1.82, 2.24) is 0 Å². The number of aliphatic carboxylic acids is 4. The number of hydrogen-bond donors (Lipinski definition) is 4. The third-order valence-corrected chi connectivity index (χ3v) is 13.7. The molecule has 130 valence electrons. The molecule has 0 aliphatic carbocycles. The Labute approximate surface area is 146 Å². The molecule has 0 aromatic heterocycles. The van der Waals surface area contributed by atoms with Crippen LogP contribution < -0.4 is 8.70 Å². The van der Waals surface area contributed by atoms with E-state index in [0.717, 1.165) is 0 Å². The van der Waals surface area contributed by atoms with Crippen LogP contribution in [0.25, 0.3) is 0 Å². The molecule has 0 saturated carbocycles. The van der Waals surface area contributed by atoms with Gasteiger partial charge in [0.25, 0.3) is 0 Å². The van der Waals surface area contributed by atoms with Crippen molar-refractivity contribution in [3.63, 3.8) is 0 Å².